The van der Waals surface area contributed by atoms with E-state index >= 15 is 0 Å². The fraction of sp³-hybridized carbons (Fsp3) is 0.368. The van der Waals surface area contributed by atoms with E-state index in [1.54, 1.807) is 10.9 Å². The molecule has 0 saturated carbocycles. The summed E-state index contributed by atoms with van der Waals surface area (Å²) >= 11 is 0. The number of aromatic nitrogens is 3. The largest absolute Gasteiger partial charge is 0.493 e. The van der Waals surface area contributed by atoms with Gasteiger partial charge in [-0.05, 0) is 37.0 Å². The van der Waals surface area contributed by atoms with Crippen molar-refractivity contribution in [2.24, 2.45) is 0 Å². The predicted molar refractivity (Wildman–Crippen MR) is 93.2 cm³/mol. The molecular formula is C19H22N4O. The molecular weight excluding hydrogens is 300 g/mol. The lowest BCUT2D eigenvalue weighted by molar-refractivity contribution is 0.271. The zero-order chi connectivity index (χ0) is 16.5. The van der Waals surface area contributed by atoms with Gasteiger partial charge in [0.2, 0.25) is 5.88 Å². The Hall–Kier alpha value is -2.40. The van der Waals surface area contributed by atoms with Gasteiger partial charge < -0.3 is 5.11 Å². The molecule has 0 spiro atoms. The van der Waals surface area contributed by atoms with E-state index in [1.165, 1.54) is 5.57 Å². The number of pyridine rings is 1. The van der Waals surface area contributed by atoms with E-state index in [9.17, 15) is 5.11 Å². The zero-order valence-corrected chi connectivity index (χ0v) is 13.9. The van der Waals surface area contributed by atoms with E-state index in [4.69, 9.17) is 0 Å². The number of aryl methyl sites for hydroxylation is 1. The van der Waals surface area contributed by atoms with Gasteiger partial charge in [0.25, 0.3) is 0 Å². The van der Waals surface area contributed by atoms with Gasteiger partial charge >= 0.3 is 0 Å². The second kappa shape index (κ2) is 6.24. The maximum atomic E-state index is 10.6. The molecule has 0 radical (unpaired) electrons. The molecule has 1 N–H and O–H groups in total. The molecule has 2 aromatic heterocycles. The maximum Gasteiger partial charge on any atom is 0.220 e. The monoisotopic (exact) mass is 322 g/mol. The molecule has 0 unspecified atom stereocenters. The SMILES string of the molecule is Cc1ccc(-n2nc3c(c2O)CN(CC2=CCCC=C2)CC3)nc1. The van der Waals surface area contributed by atoms with Crippen molar-refractivity contribution in [3.8, 4) is 11.7 Å². The minimum atomic E-state index is 0.221. The van der Waals surface area contributed by atoms with Crippen molar-refractivity contribution in [3.63, 3.8) is 0 Å². The normalized spacial score (nSPS) is 17.6. The first-order valence-corrected chi connectivity index (χ1v) is 8.51. The summed E-state index contributed by atoms with van der Waals surface area (Å²) in [5.41, 5.74) is 4.38. The molecule has 3 heterocycles. The van der Waals surface area contributed by atoms with Crippen LogP contribution in [0.5, 0.6) is 5.88 Å². The summed E-state index contributed by atoms with van der Waals surface area (Å²) in [7, 11) is 0. The van der Waals surface area contributed by atoms with E-state index in [0.717, 1.165) is 55.7 Å². The van der Waals surface area contributed by atoms with Crippen LogP contribution in [0.1, 0.15) is 29.7 Å². The average molecular weight is 322 g/mol. The van der Waals surface area contributed by atoms with Gasteiger partial charge in [-0.25, -0.2) is 4.98 Å². The number of hydrogen-bond donors (Lipinski definition) is 1. The highest BCUT2D eigenvalue weighted by Gasteiger charge is 2.25. The van der Waals surface area contributed by atoms with Crippen molar-refractivity contribution >= 4 is 0 Å². The van der Waals surface area contributed by atoms with E-state index in [-0.39, 0.29) is 5.88 Å². The van der Waals surface area contributed by atoms with Crippen LogP contribution in [0.15, 0.2) is 42.1 Å². The summed E-state index contributed by atoms with van der Waals surface area (Å²) in [6, 6.07) is 3.87. The molecule has 0 saturated heterocycles. The van der Waals surface area contributed by atoms with Crippen molar-refractivity contribution in [1.82, 2.24) is 19.7 Å². The second-order valence-electron chi connectivity index (χ2n) is 6.57. The third-order valence-electron chi connectivity index (χ3n) is 4.68. The molecule has 4 rings (SSSR count). The van der Waals surface area contributed by atoms with Gasteiger partial charge in [0.1, 0.15) is 0 Å². The molecule has 5 nitrogen and oxygen atoms in total. The number of rotatable bonds is 3. The van der Waals surface area contributed by atoms with Crippen LogP contribution in [0, 0.1) is 6.92 Å². The van der Waals surface area contributed by atoms with E-state index < -0.39 is 0 Å². The van der Waals surface area contributed by atoms with Gasteiger partial charge in [-0.3, -0.25) is 4.90 Å². The zero-order valence-electron chi connectivity index (χ0n) is 13.9. The van der Waals surface area contributed by atoms with Gasteiger partial charge in [-0.2, -0.15) is 9.78 Å². The molecule has 0 bridgehead atoms. The van der Waals surface area contributed by atoms with Crippen LogP contribution in [0.25, 0.3) is 5.82 Å². The second-order valence-corrected chi connectivity index (χ2v) is 6.57. The van der Waals surface area contributed by atoms with E-state index in [0.29, 0.717) is 5.82 Å². The highest BCUT2D eigenvalue weighted by atomic mass is 16.3. The van der Waals surface area contributed by atoms with Crippen molar-refractivity contribution in [2.45, 2.75) is 32.7 Å². The number of aromatic hydroxyl groups is 1. The van der Waals surface area contributed by atoms with Crippen LogP contribution in [0.3, 0.4) is 0 Å². The van der Waals surface area contributed by atoms with Gasteiger partial charge in [-0.1, -0.05) is 24.3 Å². The first-order chi connectivity index (χ1) is 11.7. The van der Waals surface area contributed by atoms with Crippen molar-refractivity contribution in [3.05, 3.63) is 59.0 Å². The summed E-state index contributed by atoms with van der Waals surface area (Å²) < 4.78 is 1.56. The molecule has 0 fully saturated rings. The lowest BCUT2D eigenvalue weighted by Crippen LogP contribution is -2.31. The Balaban J connectivity index is 1.56. The molecule has 1 aliphatic heterocycles. The lowest BCUT2D eigenvalue weighted by Gasteiger charge is -2.26. The topological polar surface area (TPSA) is 54.2 Å². The molecule has 2 aliphatic rings. The number of fused-ring (bicyclic) bond motifs is 1. The highest BCUT2D eigenvalue weighted by molar-refractivity contribution is 5.39. The molecule has 24 heavy (non-hydrogen) atoms. The van der Waals surface area contributed by atoms with Gasteiger partial charge in [0, 0.05) is 32.3 Å². The minimum absolute atomic E-state index is 0.221. The minimum Gasteiger partial charge on any atom is -0.493 e. The fourth-order valence-electron chi connectivity index (χ4n) is 3.34. The Morgan fingerprint density at radius 1 is 1.25 bits per heavy atom. The summed E-state index contributed by atoms with van der Waals surface area (Å²) in [6.07, 6.45) is 11.7. The Labute approximate surface area is 141 Å². The van der Waals surface area contributed by atoms with Crippen molar-refractivity contribution in [1.29, 1.82) is 0 Å². The third kappa shape index (κ3) is 2.87. The maximum absolute atomic E-state index is 10.6. The first kappa shape index (κ1) is 15.1. The summed E-state index contributed by atoms with van der Waals surface area (Å²) in [4.78, 5) is 6.75. The Morgan fingerprint density at radius 3 is 2.92 bits per heavy atom. The number of hydrogen-bond acceptors (Lipinski definition) is 4. The summed E-state index contributed by atoms with van der Waals surface area (Å²) in [6.45, 7) is 4.63. The van der Waals surface area contributed by atoms with Crippen LogP contribution < -0.4 is 0 Å². The molecule has 0 amide bonds. The van der Waals surface area contributed by atoms with Crippen LogP contribution in [0.2, 0.25) is 0 Å². The molecule has 124 valence electrons. The van der Waals surface area contributed by atoms with Gasteiger partial charge in [-0.15, -0.1) is 0 Å². The van der Waals surface area contributed by atoms with Crippen LogP contribution >= 0.6 is 0 Å². The number of nitrogens with zero attached hydrogens (tertiary/aromatic N) is 4. The Kier molecular flexibility index (Phi) is 3.94. The van der Waals surface area contributed by atoms with Crippen molar-refractivity contribution in [2.75, 3.05) is 13.1 Å². The van der Waals surface area contributed by atoms with E-state index in [2.05, 4.69) is 33.2 Å². The average Bonchev–Trinajstić information content (AvgIpc) is 2.93. The Morgan fingerprint density at radius 2 is 2.17 bits per heavy atom. The van der Waals surface area contributed by atoms with Crippen LogP contribution in [-0.2, 0) is 13.0 Å². The third-order valence-corrected chi connectivity index (χ3v) is 4.68. The molecule has 5 heteroatoms. The van der Waals surface area contributed by atoms with Crippen molar-refractivity contribution < 1.29 is 5.11 Å². The molecule has 1 aliphatic carbocycles. The summed E-state index contributed by atoms with van der Waals surface area (Å²) in [5, 5.41) is 15.2. The molecule has 0 atom stereocenters. The summed E-state index contributed by atoms with van der Waals surface area (Å²) in [5.74, 6) is 0.885. The smallest absolute Gasteiger partial charge is 0.220 e. The fourth-order valence-corrected chi connectivity index (χ4v) is 3.34. The highest BCUT2D eigenvalue weighted by Crippen LogP contribution is 2.29. The van der Waals surface area contributed by atoms with Crippen LogP contribution in [-0.4, -0.2) is 37.9 Å². The number of allylic oxidation sites excluding steroid dienone is 2. The molecule has 2 aromatic rings. The first-order valence-electron chi connectivity index (χ1n) is 8.51. The van der Waals surface area contributed by atoms with Gasteiger partial charge in [0.05, 0.1) is 11.3 Å². The van der Waals surface area contributed by atoms with Gasteiger partial charge in [0.15, 0.2) is 5.82 Å². The lowest BCUT2D eigenvalue weighted by atomic mass is 10.0. The Bertz CT molecular complexity index is 802. The quantitative estimate of drug-likeness (QED) is 0.944. The van der Waals surface area contributed by atoms with E-state index in [1.807, 2.05) is 19.1 Å². The predicted octanol–water partition coefficient (Wildman–Crippen LogP) is 2.92. The van der Waals surface area contributed by atoms with Crippen LogP contribution in [0.4, 0.5) is 0 Å². The standard InChI is InChI=1S/C19H22N4O/c1-14-7-8-18(20-11-14)23-19(24)16-13-22(10-9-17(16)21-23)12-15-5-3-2-4-6-15/h3,5-8,11,24H,2,4,9-10,12-13H2,1H3. The molecule has 0 aromatic carbocycles.